The molecule has 1 unspecified atom stereocenters. The topological polar surface area (TPSA) is 122 Å². The van der Waals surface area contributed by atoms with Crippen molar-refractivity contribution in [2.45, 2.75) is 36.0 Å². The number of ether oxygens (including phenoxy) is 2. The van der Waals surface area contributed by atoms with Crippen LogP contribution in [-0.2, 0) is 29.2 Å². The van der Waals surface area contributed by atoms with Gasteiger partial charge in [0.05, 0.1) is 6.61 Å². The highest BCUT2D eigenvalue weighted by Gasteiger charge is 2.66. The van der Waals surface area contributed by atoms with E-state index in [0.29, 0.717) is 7.05 Å². The lowest BCUT2D eigenvalue weighted by molar-refractivity contribution is -0.347. The molecule has 0 heterocycles. The Morgan fingerprint density at radius 3 is 1.93 bits per heavy atom. The van der Waals surface area contributed by atoms with Crippen LogP contribution in [0.1, 0.15) is 12.8 Å². The molecule has 1 atom stereocenters. The Kier molecular flexibility index (Phi) is 8.17. The molecule has 1 N–H and O–H groups in total. The molecule has 8 nitrogen and oxygen atoms in total. The Morgan fingerprint density at radius 2 is 1.59 bits per heavy atom. The molecule has 0 aliphatic rings. The highest BCUT2D eigenvalue weighted by atomic mass is 32.2. The molecule has 0 rings (SSSR count). The monoisotopic (exact) mass is 466 g/mol. The molecule has 0 saturated carbocycles. The first-order valence-corrected chi connectivity index (χ1v) is 8.39. The van der Waals surface area contributed by atoms with Crippen LogP contribution < -0.4 is 5.32 Å². The summed E-state index contributed by atoms with van der Waals surface area (Å²) < 4.78 is 143. The molecule has 0 aromatic carbocycles. The number of likely N-dealkylation sites (N-methyl/N-ethyl adjacent to an activating group) is 1. The Morgan fingerprint density at radius 1 is 1.10 bits per heavy atom. The number of hydrogen-bond acceptors (Lipinski definition) is 7. The lowest BCUT2D eigenvalue weighted by Gasteiger charge is -2.33. The summed E-state index contributed by atoms with van der Waals surface area (Å²) in [4.78, 5) is 22.6. The van der Waals surface area contributed by atoms with Gasteiger partial charge in [-0.1, -0.05) is 6.58 Å². The summed E-state index contributed by atoms with van der Waals surface area (Å²) in [5.41, 5.74) is 0. The summed E-state index contributed by atoms with van der Waals surface area (Å²) in [6.45, 7) is 0.671. The van der Waals surface area contributed by atoms with Crippen LogP contribution >= 0.6 is 0 Å². The quantitative estimate of drug-likeness (QED) is 0.130. The minimum Gasteiger partial charge on any atom is -0.743 e. The smallest absolute Gasteiger partial charge is 0.466 e. The second-order valence-corrected chi connectivity index (χ2v) is 6.54. The van der Waals surface area contributed by atoms with E-state index in [4.69, 9.17) is 0 Å². The molecular weight excluding hydrogens is 454 g/mol. The number of hydrogen-bond donors (Lipinski definition) is 1. The first-order chi connectivity index (χ1) is 12.8. The standard InChI is InChI=1S/C12H13F8NO7S/c1-6(13)7(22)28-10(8(23)21-2,11(16,17)18)27-5-3-4-9(14,15)12(19,20)29(24,25)26/h1,3-5H2,2H3,(H,21,23)(H,24,25,26)/p-1. The molecule has 0 spiro atoms. The van der Waals surface area contributed by atoms with Gasteiger partial charge in [-0.2, -0.15) is 35.1 Å². The van der Waals surface area contributed by atoms with Crippen molar-refractivity contribution < 1.29 is 67.2 Å². The summed E-state index contributed by atoms with van der Waals surface area (Å²) in [7, 11) is -6.24. The maximum absolute atomic E-state index is 13.3. The number of carbonyl (C=O) groups is 2. The van der Waals surface area contributed by atoms with Crippen LogP contribution in [0.4, 0.5) is 35.1 Å². The summed E-state index contributed by atoms with van der Waals surface area (Å²) in [6, 6.07) is 0. The van der Waals surface area contributed by atoms with Crippen LogP contribution in [0.2, 0.25) is 0 Å². The molecule has 17 heteroatoms. The third-order valence-corrected chi connectivity index (χ3v) is 3.96. The fourth-order valence-electron chi connectivity index (χ4n) is 1.60. The van der Waals surface area contributed by atoms with Crippen molar-refractivity contribution in [2.24, 2.45) is 0 Å². The van der Waals surface area contributed by atoms with Crippen molar-refractivity contribution >= 4 is 22.0 Å². The van der Waals surface area contributed by atoms with Crippen LogP contribution in [0.25, 0.3) is 0 Å². The zero-order valence-electron chi connectivity index (χ0n) is 14.1. The van der Waals surface area contributed by atoms with Gasteiger partial charge in [0.15, 0.2) is 10.1 Å². The summed E-state index contributed by atoms with van der Waals surface area (Å²) in [6.07, 6.45) is -9.59. The van der Waals surface area contributed by atoms with Crippen LogP contribution in [0.5, 0.6) is 0 Å². The van der Waals surface area contributed by atoms with E-state index in [9.17, 15) is 57.7 Å². The van der Waals surface area contributed by atoms with Crippen molar-refractivity contribution in [1.29, 1.82) is 0 Å². The molecule has 29 heavy (non-hydrogen) atoms. The predicted molar refractivity (Wildman–Crippen MR) is 74.0 cm³/mol. The van der Waals surface area contributed by atoms with Gasteiger partial charge < -0.3 is 19.3 Å². The highest BCUT2D eigenvalue weighted by molar-refractivity contribution is 7.86. The second kappa shape index (κ2) is 8.78. The molecule has 0 fully saturated rings. The lowest BCUT2D eigenvalue weighted by Crippen LogP contribution is -2.61. The van der Waals surface area contributed by atoms with Crippen LogP contribution in [0.15, 0.2) is 12.4 Å². The van der Waals surface area contributed by atoms with E-state index < -0.39 is 70.4 Å². The van der Waals surface area contributed by atoms with E-state index >= 15 is 0 Å². The third-order valence-electron chi connectivity index (χ3n) is 3.04. The SMILES string of the molecule is C=C(F)C(=O)OC(OCCCC(F)(F)C(F)(F)S(=O)(=O)[O-])(C(=O)NC)C(F)(F)F. The second-order valence-electron chi connectivity index (χ2n) is 5.12. The number of rotatable bonds is 10. The van der Waals surface area contributed by atoms with Gasteiger partial charge in [0.1, 0.15) is 0 Å². The van der Waals surface area contributed by atoms with Gasteiger partial charge in [-0.25, -0.2) is 13.2 Å². The number of halogens is 8. The Bertz CT molecular complexity index is 752. The average molecular weight is 466 g/mol. The van der Waals surface area contributed by atoms with Crippen molar-refractivity contribution in [3.8, 4) is 0 Å². The summed E-state index contributed by atoms with van der Waals surface area (Å²) >= 11 is 0. The van der Waals surface area contributed by atoms with Crippen molar-refractivity contribution in [1.82, 2.24) is 5.32 Å². The Hall–Kier alpha value is -2.01. The predicted octanol–water partition coefficient (Wildman–Crippen LogP) is 1.59. The largest absolute Gasteiger partial charge is 0.743 e. The molecular formula is C12H12F8NO7S-. The zero-order valence-corrected chi connectivity index (χ0v) is 14.9. The molecule has 0 aliphatic heterocycles. The molecule has 0 saturated heterocycles. The fourth-order valence-corrected chi connectivity index (χ4v) is 2.07. The fraction of sp³-hybridized carbons (Fsp3) is 0.667. The van der Waals surface area contributed by atoms with E-state index in [1.807, 2.05) is 0 Å². The van der Waals surface area contributed by atoms with E-state index in [1.165, 1.54) is 5.32 Å². The van der Waals surface area contributed by atoms with Gasteiger partial charge in [0, 0.05) is 13.5 Å². The van der Waals surface area contributed by atoms with Crippen molar-refractivity contribution in [2.75, 3.05) is 13.7 Å². The van der Waals surface area contributed by atoms with Gasteiger partial charge in [0.2, 0.25) is 5.83 Å². The van der Waals surface area contributed by atoms with Crippen LogP contribution in [-0.4, -0.2) is 61.6 Å². The normalized spacial score (nSPS) is 15.4. The van der Waals surface area contributed by atoms with Crippen LogP contribution in [0.3, 0.4) is 0 Å². The van der Waals surface area contributed by atoms with E-state index in [1.54, 1.807) is 0 Å². The highest BCUT2D eigenvalue weighted by Crippen LogP contribution is 2.42. The third kappa shape index (κ3) is 5.75. The minimum absolute atomic E-state index is 0.595. The van der Waals surface area contributed by atoms with Gasteiger partial charge in [-0.05, 0) is 6.42 Å². The van der Waals surface area contributed by atoms with Gasteiger partial charge in [0.25, 0.3) is 0 Å². The Labute approximate surface area is 157 Å². The average Bonchev–Trinajstić information content (AvgIpc) is 2.54. The number of nitrogens with one attached hydrogen (secondary N) is 1. The number of amides is 1. The zero-order chi connectivity index (χ0) is 23.5. The van der Waals surface area contributed by atoms with Crippen molar-refractivity contribution in [3.05, 3.63) is 12.4 Å². The summed E-state index contributed by atoms with van der Waals surface area (Å²) in [5.74, 6) is -16.9. The number of alkyl halides is 7. The Balaban J connectivity index is 5.58. The molecule has 170 valence electrons. The van der Waals surface area contributed by atoms with E-state index in [-0.39, 0.29) is 0 Å². The maximum Gasteiger partial charge on any atom is 0.466 e. The van der Waals surface area contributed by atoms with Crippen LogP contribution in [0, 0.1) is 0 Å². The van der Waals surface area contributed by atoms with Gasteiger partial charge in [-0.15, -0.1) is 0 Å². The molecule has 0 bridgehead atoms. The number of carbonyl (C=O) groups excluding carboxylic acids is 2. The lowest BCUT2D eigenvalue weighted by atomic mass is 10.2. The molecule has 0 aromatic heterocycles. The number of esters is 1. The van der Waals surface area contributed by atoms with E-state index in [0.717, 1.165) is 0 Å². The molecule has 0 radical (unpaired) electrons. The van der Waals surface area contributed by atoms with Crippen molar-refractivity contribution in [3.63, 3.8) is 0 Å². The minimum atomic E-state index is -6.83. The summed E-state index contributed by atoms with van der Waals surface area (Å²) in [5, 5.41) is -4.74. The molecule has 0 aliphatic carbocycles. The first-order valence-electron chi connectivity index (χ1n) is 6.98. The molecule has 1 amide bonds. The first kappa shape index (κ1) is 27.0. The van der Waals surface area contributed by atoms with Gasteiger partial charge >= 0.3 is 35.0 Å². The maximum atomic E-state index is 13.3. The van der Waals surface area contributed by atoms with Gasteiger partial charge in [-0.3, -0.25) is 4.79 Å². The van der Waals surface area contributed by atoms with E-state index in [2.05, 4.69) is 16.1 Å². The molecule has 0 aromatic rings.